The van der Waals surface area contributed by atoms with Gasteiger partial charge in [0.15, 0.2) is 11.9 Å². The van der Waals surface area contributed by atoms with Crippen LogP contribution >= 0.6 is 11.3 Å². The van der Waals surface area contributed by atoms with Crippen LogP contribution in [0, 0.1) is 0 Å². The predicted octanol–water partition coefficient (Wildman–Crippen LogP) is 4.06. The van der Waals surface area contributed by atoms with Crippen LogP contribution < -0.4 is 5.56 Å². The summed E-state index contributed by atoms with van der Waals surface area (Å²) in [5.74, 6) is -0.0948. The molecule has 5 nitrogen and oxygen atoms in total. The van der Waals surface area contributed by atoms with E-state index in [2.05, 4.69) is 9.97 Å². The highest BCUT2D eigenvalue weighted by Crippen LogP contribution is 2.27. The number of rotatable bonds is 3. The standard InChI is InChI=1S/C19H14N2O3S/c1-11(17-20-14-8-4-3-7-13(14)18(22)21-17)24-19(23)16-10-12-6-2-5-9-15(12)25-16/h2-11H,1H3,(H,20,21,22). The van der Waals surface area contributed by atoms with E-state index in [1.807, 2.05) is 36.4 Å². The zero-order valence-electron chi connectivity index (χ0n) is 13.4. The maximum absolute atomic E-state index is 12.4. The van der Waals surface area contributed by atoms with Gasteiger partial charge >= 0.3 is 5.97 Å². The summed E-state index contributed by atoms with van der Waals surface area (Å²) in [6, 6.07) is 16.6. The maximum atomic E-state index is 12.4. The van der Waals surface area contributed by atoms with E-state index >= 15 is 0 Å². The minimum atomic E-state index is -0.657. The number of hydrogen-bond acceptors (Lipinski definition) is 5. The number of carbonyl (C=O) groups excluding carboxylic acids is 1. The Kier molecular flexibility index (Phi) is 3.82. The number of carbonyl (C=O) groups is 1. The van der Waals surface area contributed by atoms with E-state index < -0.39 is 12.1 Å². The second-order valence-corrected chi connectivity index (χ2v) is 6.75. The average molecular weight is 350 g/mol. The molecule has 1 atom stereocenters. The zero-order valence-corrected chi connectivity index (χ0v) is 14.2. The van der Waals surface area contributed by atoms with E-state index in [0.29, 0.717) is 21.6 Å². The van der Waals surface area contributed by atoms with Gasteiger partial charge in [-0.25, -0.2) is 9.78 Å². The molecule has 0 aliphatic heterocycles. The van der Waals surface area contributed by atoms with Crippen LogP contribution in [0.5, 0.6) is 0 Å². The molecular formula is C19H14N2O3S. The van der Waals surface area contributed by atoms with Crippen molar-refractivity contribution in [3.05, 3.63) is 75.7 Å². The van der Waals surface area contributed by atoms with E-state index in [4.69, 9.17) is 4.74 Å². The zero-order chi connectivity index (χ0) is 17.4. The number of nitrogens with one attached hydrogen (secondary N) is 1. The van der Waals surface area contributed by atoms with Crippen molar-refractivity contribution in [2.45, 2.75) is 13.0 Å². The number of thiophene rings is 1. The molecule has 2 aromatic carbocycles. The summed E-state index contributed by atoms with van der Waals surface area (Å²) >= 11 is 1.38. The molecule has 0 aliphatic rings. The topological polar surface area (TPSA) is 72.0 Å². The van der Waals surface area contributed by atoms with Gasteiger partial charge in [0.2, 0.25) is 0 Å². The molecule has 2 heterocycles. The Labute approximate surface area is 146 Å². The summed E-state index contributed by atoms with van der Waals surface area (Å²) in [6.07, 6.45) is -0.657. The lowest BCUT2D eigenvalue weighted by Gasteiger charge is -2.12. The van der Waals surface area contributed by atoms with Crippen LogP contribution in [0.1, 0.15) is 28.5 Å². The van der Waals surface area contributed by atoms with Gasteiger partial charge in [-0.15, -0.1) is 11.3 Å². The Balaban J connectivity index is 1.62. The maximum Gasteiger partial charge on any atom is 0.349 e. The molecule has 0 amide bonds. The van der Waals surface area contributed by atoms with Crippen molar-refractivity contribution >= 4 is 38.3 Å². The number of ether oxygens (including phenoxy) is 1. The van der Waals surface area contributed by atoms with Gasteiger partial charge in [0.05, 0.1) is 10.9 Å². The first-order valence-corrected chi connectivity index (χ1v) is 8.62. The largest absolute Gasteiger partial charge is 0.450 e. The lowest BCUT2D eigenvalue weighted by molar-refractivity contribution is 0.0326. The van der Waals surface area contributed by atoms with Gasteiger partial charge < -0.3 is 9.72 Å². The van der Waals surface area contributed by atoms with Gasteiger partial charge in [-0.1, -0.05) is 30.3 Å². The Morgan fingerprint density at radius 1 is 1.16 bits per heavy atom. The minimum Gasteiger partial charge on any atom is -0.450 e. The second-order valence-electron chi connectivity index (χ2n) is 5.66. The molecule has 0 aliphatic carbocycles. The van der Waals surface area contributed by atoms with E-state index in [-0.39, 0.29) is 5.56 Å². The molecule has 6 heteroatoms. The third-order valence-electron chi connectivity index (χ3n) is 3.93. The number of para-hydroxylation sites is 1. The Morgan fingerprint density at radius 3 is 2.76 bits per heavy atom. The van der Waals surface area contributed by atoms with Gasteiger partial charge in [-0.05, 0) is 36.6 Å². The SMILES string of the molecule is CC(OC(=O)c1cc2ccccc2s1)c1nc2ccccc2c(=O)[nH]1. The van der Waals surface area contributed by atoms with Crippen LogP contribution in [0.4, 0.5) is 0 Å². The molecule has 25 heavy (non-hydrogen) atoms. The molecule has 4 rings (SSSR count). The third kappa shape index (κ3) is 2.92. The van der Waals surface area contributed by atoms with Gasteiger partial charge in [-0.3, -0.25) is 4.79 Å². The summed E-state index contributed by atoms with van der Waals surface area (Å²) in [4.78, 5) is 32.2. The first kappa shape index (κ1) is 15.5. The molecule has 0 bridgehead atoms. The fourth-order valence-corrected chi connectivity index (χ4v) is 3.60. The molecule has 0 saturated heterocycles. The van der Waals surface area contributed by atoms with Crippen LogP contribution in [0.2, 0.25) is 0 Å². The Hall–Kier alpha value is -2.99. The van der Waals surface area contributed by atoms with Gasteiger partial charge in [0.25, 0.3) is 5.56 Å². The van der Waals surface area contributed by atoms with Crippen LogP contribution in [-0.4, -0.2) is 15.9 Å². The lowest BCUT2D eigenvalue weighted by atomic mass is 10.2. The number of benzene rings is 2. The molecule has 1 N–H and O–H groups in total. The first-order valence-electron chi connectivity index (χ1n) is 7.80. The third-order valence-corrected chi connectivity index (χ3v) is 5.02. The van der Waals surface area contributed by atoms with Gasteiger partial charge in [0, 0.05) is 4.70 Å². The van der Waals surface area contributed by atoms with Crippen molar-refractivity contribution in [3.63, 3.8) is 0 Å². The smallest absolute Gasteiger partial charge is 0.349 e. The van der Waals surface area contributed by atoms with Crippen LogP contribution in [-0.2, 0) is 4.74 Å². The number of H-pyrrole nitrogens is 1. The summed E-state index contributed by atoms with van der Waals surface area (Å²) in [6.45, 7) is 1.69. The van der Waals surface area contributed by atoms with Crippen molar-refractivity contribution in [1.29, 1.82) is 0 Å². The molecule has 4 aromatic rings. The highest BCUT2D eigenvalue weighted by atomic mass is 32.1. The summed E-state index contributed by atoms with van der Waals surface area (Å²) < 4.78 is 6.52. The molecule has 0 saturated carbocycles. The normalized spacial score (nSPS) is 12.4. The van der Waals surface area contributed by atoms with E-state index in [1.54, 1.807) is 25.1 Å². The van der Waals surface area contributed by atoms with E-state index in [9.17, 15) is 9.59 Å². The highest BCUT2D eigenvalue weighted by molar-refractivity contribution is 7.20. The molecule has 0 spiro atoms. The predicted molar refractivity (Wildman–Crippen MR) is 98.0 cm³/mol. The van der Waals surface area contributed by atoms with Crippen molar-refractivity contribution in [3.8, 4) is 0 Å². The molecule has 0 fully saturated rings. The van der Waals surface area contributed by atoms with Crippen LogP contribution in [0.25, 0.3) is 21.0 Å². The summed E-state index contributed by atoms with van der Waals surface area (Å²) in [5.41, 5.74) is 0.330. The monoisotopic (exact) mass is 350 g/mol. The minimum absolute atomic E-state index is 0.245. The molecule has 124 valence electrons. The lowest BCUT2D eigenvalue weighted by Crippen LogP contribution is -2.17. The number of nitrogens with zero attached hydrogens (tertiary/aromatic N) is 1. The second kappa shape index (κ2) is 6.14. The number of esters is 1. The number of hydrogen-bond donors (Lipinski definition) is 1. The van der Waals surface area contributed by atoms with Crippen LogP contribution in [0.3, 0.4) is 0 Å². The fourth-order valence-electron chi connectivity index (χ4n) is 2.65. The quantitative estimate of drug-likeness (QED) is 0.566. The van der Waals surface area contributed by atoms with Crippen molar-refractivity contribution in [1.82, 2.24) is 9.97 Å². The number of aromatic amines is 1. The highest BCUT2D eigenvalue weighted by Gasteiger charge is 2.18. The van der Waals surface area contributed by atoms with E-state index in [1.165, 1.54) is 11.3 Å². The fraction of sp³-hybridized carbons (Fsp3) is 0.105. The molecule has 2 aromatic heterocycles. The summed E-state index contributed by atoms with van der Waals surface area (Å²) in [7, 11) is 0. The Bertz CT molecular complexity index is 1110. The molecule has 0 radical (unpaired) electrons. The Morgan fingerprint density at radius 2 is 1.92 bits per heavy atom. The number of fused-ring (bicyclic) bond motifs is 2. The molecule has 1 unspecified atom stereocenters. The van der Waals surface area contributed by atoms with Crippen molar-refractivity contribution in [2.75, 3.05) is 0 Å². The molecular weight excluding hydrogens is 336 g/mol. The van der Waals surface area contributed by atoms with Crippen molar-refractivity contribution in [2.24, 2.45) is 0 Å². The van der Waals surface area contributed by atoms with E-state index in [0.717, 1.165) is 10.1 Å². The van der Waals surface area contributed by atoms with Gasteiger partial charge in [0.1, 0.15) is 4.88 Å². The average Bonchev–Trinajstić information content (AvgIpc) is 3.06. The number of aromatic nitrogens is 2. The van der Waals surface area contributed by atoms with Crippen molar-refractivity contribution < 1.29 is 9.53 Å². The summed E-state index contributed by atoms with van der Waals surface area (Å²) in [5, 5.41) is 1.51. The first-order chi connectivity index (χ1) is 12.1. The van der Waals surface area contributed by atoms with Gasteiger partial charge in [-0.2, -0.15) is 0 Å². The van der Waals surface area contributed by atoms with Crippen LogP contribution in [0.15, 0.2) is 59.4 Å².